The lowest BCUT2D eigenvalue weighted by Gasteiger charge is -2.36. The Labute approximate surface area is 231 Å². The molecule has 1 heterocycles. The van der Waals surface area contributed by atoms with E-state index in [9.17, 15) is 19.2 Å². The van der Waals surface area contributed by atoms with Crippen molar-refractivity contribution >= 4 is 41.1 Å². The molecule has 1 aromatic rings. The Morgan fingerprint density at radius 2 is 1.66 bits per heavy atom. The molecule has 1 aromatic carbocycles. The SMILES string of the molecule is CCCCCCCCCCCCOC(=O)CC1C(=O)NCCN1C(=S)NC(=O)c1cccc(C(=O)OC)c1. The summed E-state index contributed by atoms with van der Waals surface area (Å²) in [6.45, 7) is 3.21. The molecule has 0 spiro atoms. The summed E-state index contributed by atoms with van der Waals surface area (Å²) in [5.74, 6) is -1.93. The summed E-state index contributed by atoms with van der Waals surface area (Å²) >= 11 is 5.40. The quantitative estimate of drug-likeness (QED) is 0.191. The van der Waals surface area contributed by atoms with E-state index in [4.69, 9.17) is 17.0 Å². The van der Waals surface area contributed by atoms with Crippen LogP contribution in [0.5, 0.6) is 0 Å². The topological polar surface area (TPSA) is 114 Å². The van der Waals surface area contributed by atoms with Gasteiger partial charge in [-0.2, -0.15) is 0 Å². The van der Waals surface area contributed by atoms with Crippen molar-refractivity contribution in [3.8, 4) is 0 Å². The number of benzene rings is 1. The molecule has 0 bridgehead atoms. The molecule has 0 saturated carbocycles. The standard InChI is InChI=1S/C28H41N3O6S/c1-3-4-5-6-7-8-9-10-11-12-18-37-24(32)20-23-26(34)29-16-17-31(23)28(38)30-25(33)21-14-13-15-22(19-21)27(35)36-2/h13-15,19,23H,3-12,16-18,20H2,1-2H3,(H,29,34)(H,30,33,38). The second kappa shape index (κ2) is 17.5. The minimum atomic E-state index is -0.877. The number of carbonyl (C=O) groups excluding carboxylic acids is 4. The normalized spacial score (nSPS) is 14.9. The highest BCUT2D eigenvalue weighted by atomic mass is 32.1. The number of amides is 2. The van der Waals surface area contributed by atoms with Crippen molar-refractivity contribution in [3.63, 3.8) is 0 Å². The second-order valence-electron chi connectivity index (χ2n) is 9.44. The summed E-state index contributed by atoms with van der Waals surface area (Å²) in [7, 11) is 1.26. The average Bonchev–Trinajstić information content (AvgIpc) is 2.92. The van der Waals surface area contributed by atoms with Crippen LogP contribution in [0.2, 0.25) is 0 Å². The van der Waals surface area contributed by atoms with Gasteiger partial charge in [0.2, 0.25) is 5.91 Å². The van der Waals surface area contributed by atoms with Gasteiger partial charge in [0.1, 0.15) is 6.04 Å². The molecule has 2 N–H and O–H groups in total. The number of esters is 2. The molecule has 1 unspecified atom stereocenters. The Morgan fingerprint density at radius 1 is 1.03 bits per heavy atom. The van der Waals surface area contributed by atoms with Crippen LogP contribution in [0.1, 0.15) is 98.3 Å². The number of thiocarbonyl (C=S) groups is 1. The highest BCUT2D eigenvalue weighted by molar-refractivity contribution is 7.80. The van der Waals surface area contributed by atoms with Gasteiger partial charge in [0.15, 0.2) is 5.11 Å². The minimum absolute atomic E-state index is 0.0285. The number of piperazine rings is 1. The van der Waals surface area contributed by atoms with Crippen LogP contribution in [0.4, 0.5) is 0 Å². The number of hydrogen-bond acceptors (Lipinski definition) is 7. The molecule has 9 nitrogen and oxygen atoms in total. The molecule has 1 atom stereocenters. The zero-order chi connectivity index (χ0) is 27.8. The number of unbranched alkanes of at least 4 members (excludes halogenated alkanes) is 9. The molecule has 210 valence electrons. The van der Waals surface area contributed by atoms with Gasteiger partial charge in [-0.25, -0.2) is 4.79 Å². The van der Waals surface area contributed by atoms with E-state index in [1.807, 2.05) is 0 Å². The number of nitrogens with one attached hydrogen (secondary N) is 2. The highest BCUT2D eigenvalue weighted by Gasteiger charge is 2.34. The van der Waals surface area contributed by atoms with Gasteiger partial charge < -0.3 is 19.7 Å². The van der Waals surface area contributed by atoms with Crippen LogP contribution >= 0.6 is 12.2 Å². The van der Waals surface area contributed by atoms with E-state index >= 15 is 0 Å². The van der Waals surface area contributed by atoms with E-state index in [-0.39, 0.29) is 28.6 Å². The molecule has 1 aliphatic heterocycles. The monoisotopic (exact) mass is 547 g/mol. The lowest BCUT2D eigenvalue weighted by molar-refractivity contribution is -0.147. The lowest BCUT2D eigenvalue weighted by Crippen LogP contribution is -2.60. The van der Waals surface area contributed by atoms with Crippen molar-refractivity contribution in [2.75, 3.05) is 26.8 Å². The number of hydrogen-bond donors (Lipinski definition) is 2. The van der Waals surface area contributed by atoms with Crippen molar-refractivity contribution in [1.29, 1.82) is 0 Å². The van der Waals surface area contributed by atoms with Gasteiger partial charge in [0.05, 0.1) is 25.7 Å². The minimum Gasteiger partial charge on any atom is -0.466 e. The molecule has 0 radical (unpaired) electrons. The highest BCUT2D eigenvalue weighted by Crippen LogP contribution is 2.14. The van der Waals surface area contributed by atoms with Crippen LogP contribution in [0.15, 0.2) is 24.3 Å². The Hall–Kier alpha value is -3.01. The first-order chi connectivity index (χ1) is 18.4. The third-order valence-electron chi connectivity index (χ3n) is 6.48. The Bertz CT molecular complexity index is 954. The zero-order valence-electron chi connectivity index (χ0n) is 22.6. The van der Waals surface area contributed by atoms with Crippen LogP contribution in [0.25, 0.3) is 0 Å². The van der Waals surface area contributed by atoms with Gasteiger partial charge in [-0.3, -0.25) is 19.7 Å². The predicted molar refractivity (Wildman–Crippen MR) is 149 cm³/mol. The summed E-state index contributed by atoms with van der Waals surface area (Å²) in [5, 5.41) is 5.36. The van der Waals surface area contributed by atoms with Crippen molar-refractivity contribution in [1.82, 2.24) is 15.5 Å². The molecule has 1 fully saturated rings. The number of methoxy groups -OCH3 is 1. The first-order valence-electron chi connectivity index (χ1n) is 13.6. The molecule has 1 aliphatic rings. The molecule has 1 saturated heterocycles. The van der Waals surface area contributed by atoms with E-state index in [0.29, 0.717) is 19.7 Å². The molecule has 0 aromatic heterocycles. The molecule has 10 heteroatoms. The first kappa shape index (κ1) is 31.2. The third-order valence-corrected chi connectivity index (χ3v) is 6.82. The van der Waals surface area contributed by atoms with E-state index < -0.39 is 23.9 Å². The van der Waals surface area contributed by atoms with Gasteiger partial charge >= 0.3 is 11.9 Å². The van der Waals surface area contributed by atoms with E-state index in [2.05, 4.69) is 22.3 Å². The van der Waals surface area contributed by atoms with Crippen LogP contribution in [0, 0.1) is 0 Å². The van der Waals surface area contributed by atoms with Gasteiger partial charge in [0.25, 0.3) is 5.91 Å². The fraction of sp³-hybridized carbons (Fsp3) is 0.607. The van der Waals surface area contributed by atoms with Gasteiger partial charge in [-0.1, -0.05) is 70.8 Å². The summed E-state index contributed by atoms with van der Waals surface area (Å²) < 4.78 is 10.1. The first-order valence-corrected chi connectivity index (χ1v) is 14.0. The van der Waals surface area contributed by atoms with Gasteiger partial charge in [-0.05, 0) is 36.8 Å². The van der Waals surface area contributed by atoms with Gasteiger partial charge in [0, 0.05) is 18.7 Å². The van der Waals surface area contributed by atoms with Crippen molar-refractivity contribution in [3.05, 3.63) is 35.4 Å². The zero-order valence-corrected chi connectivity index (χ0v) is 23.4. The van der Waals surface area contributed by atoms with Crippen LogP contribution in [0.3, 0.4) is 0 Å². The van der Waals surface area contributed by atoms with Gasteiger partial charge in [-0.15, -0.1) is 0 Å². The van der Waals surface area contributed by atoms with E-state index in [1.54, 1.807) is 6.07 Å². The number of ether oxygens (including phenoxy) is 2. The summed E-state index contributed by atoms with van der Waals surface area (Å²) in [5.41, 5.74) is 0.440. The fourth-order valence-electron chi connectivity index (χ4n) is 4.30. The fourth-order valence-corrected chi connectivity index (χ4v) is 4.61. The smallest absolute Gasteiger partial charge is 0.337 e. The average molecular weight is 548 g/mol. The summed E-state index contributed by atoms with van der Waals surface area (Å²) in [6, 6.07) is 5.16. The van der Waals surface area contributed by atoms with E-state index in [0.717, 1.165) is 19.3 Å². The second-order valence-corrected chi connectivity index (χ2v) is 9.83. The van der Waals surface area contributed by atoms with Crippen molar-refractivity contribution in [2.24, 2.45) is 0 Å². The molecule has 2 amide bonds. The third kappa shape index (κ3) is 10.8. The van der Waals surface area contributed by atoms with Crippen molar-refractivity contribution < 1.29 is 28.7 Å². The maximum atomic E-state index is 12.7. The molecule has 2 rings (SSSR count). The maximum Gasteiger partial charge on any atom is 0.337 e. The predicted octanol–water partition coefficient (Wildman–Crippen LogP) is 4.14. The number of nitrogens with zero attached hydrogens (tertiary/aromatic N) is 1. The van der Waals surface area contributed by atoms with E-state index in [1.165, 1.54) is 75.2 Å². The lowest BCUT2D eigenvalue weighted by atomic mass is 10.1. The van der Waals surface area contributed by atoms with Crippen LogP contribution in [-0.4, -0.2) is 66.6 Å². The number of carbonyl (C=O) groups is 4. The Kier molecular flexibility index (Phi) is 14.4. The Morgan fingerprint density at radius 3 is 2.32 bits per heavy atom. The molecular weight excluding hydrogens is 506 g/mol. The summed E-state index contributed by atoms with van der Waals surface area (Å²) in [4.78, 5) is 51.0. The Balaban J connectivity index is 1.77. The largest absolute Gasteiger partial charge is 0.466 e. The molecular formula is C28H41N3O6S. The maximum absolute atomic E-state index is 12.7. The summed E-state index contributed by atoms with van der Waals surface area (Å²) in [6.07, 6.45) is 11.7. The number of rotatable bonds is 15. The van der Waals surface area contributed by atoms with Crippen LogP contribution < -0.4 is 10.6 Å². The van der Waals surface area contributed by atoms with Crippen LogP contribution in [-0.2, 0) is 19.1 Å². The molecule has 0 aliphatic carbocycles. The van der Waals surface area contributed by atoms with Crippen molar-refractivity contribution in [2.45, 2.75) is 83.6 Å². The molecule has 38 heavy (non-hydrogen) atoms.